The van der Waals surface area contributed by atoms with Gasteiger partial charge in [-0.3, -0.25) is 0 Å². The summed E-state index contributed by atoms with van der Waals surface area (Å²) >= 11 is 5.80. The van der Waals surface area contributed by atoms with Crippen LogP contribution in [0.2, 0.25) is 5.02 Å². The minimum atomic E-state index is -0.470. The van der Waals surface area contributed by atoms with E-state index in [0.717, 1.165) is 31.7 Å². The number of methoxy groups -OCH3 is 1. The summed E-state index contributed by atoms with van der Waals surface area (Å²) in [5.41, 5.74) is 0.640. The Bertz CT molecular complexity index is 800. The van der Waals surface area contributed by atoms with Crippen molar-refractivity contribution in [1.82, 2.24) is 9.97 Å². The first-order chi connectivity index (χ1) is 13.0. The van der Waals surface area contributed by atoms with Crippen LogP contribution < -0.4 is 10.2 Å². The molecule has 7 nitrogen and oxygen atoms in total. The average molecular weight is 395 g/mol. The summed E-state index contributed by atoms with van der Waals surface area (Å²) in [4.78, 5) is 21.8. The van der Waals surface area contributed by atoms with Crippen LogP contribution in [0.5, 0.6) is 0 Å². The zero-order chi connectivity index (χ0) is 19.2. The van der Waals surface area contributed by atoms with Crippen molar-refractivity contribution in [2.75, 3.05) is 37.0 Å². The van der Waals surface area contributed by atoms with Crippen molar-refractivity contribution in [3.63, 3.8) is 0 Å². The SMILES string of the molecule is COC(=O)COC1CCN(c2cc(Nc3ccc(F)c(Cl)c3)ncn2)CC1. The van der Waals surface area contributed by atoms with Gasteiger partial charge < -0.3 is 19.7 Å². The third-order valence-corrected chi connectivity index (χ3v) is 4.56. The Morgan fingerprint density at radius 1 is 1.33 bits per heavy atom. The summed E-state index contributed by atoms with van der Waals surface area (Å²) in [5.74, 6) is 0.534. The highest BCUT2D eigenvalue weighted by Gasteiger charge is 2.22. The van der Waals surface area contributed by atoms with Crippen LogP contribution in [0.3, 0.4) is 0 Å². The Morgan fingerprint density at radius 2 is 2.11 bits per heavy atom. The Labute approximate surface area is 161 Å². The second kappa shape index (κ2) is 8.96. The quantitative estimate of drug-likeness (QED) is 0.754. The number of carbonyl (C=O) groups is 1. The lowest BCUT2D eigenvalue weighted by Gasteiger charge is -2.32. The van der Waals surface area contributed by atoms with E-state index in [9.17, 15) is 9.18 Å². The molecular formula is C18H20ClFN4O3. The monoisotopic (exact) mass is 394 g/mol. The lowest BCUT2D eigenvalue weighted by Crippen LogP contribution is -2.38. The maximum absolute atomic E-state index is 13.3. The predicted molar refractivity (Wildman–Crippen MR) is 99.9 cm³/mol. The molecule has 0 radical (unpaired) electrons. The van der Waals surface area contributed by atoms with Crippen LogP contribution in [-0.2, 0) is 14.3 Å². The van der Waals surface area contributed by atoms with Gasteiger partial charge in [-0.25, -0.2) is 19.2 Å². The summed E-state index contributed by atoms with van der Waals surface area (Å²) in [6, 6.07) is 6.22. The molecule has 1 fully saturated rings. The number of halogens is 2. The molecule has 3 rings (SSSR count). The third-order valence-electron chi connectivity index (χ3n) is 4.28. The molecule has 2 heterocycles. The molecule has 1 aromatic heterocycles. The molecule has 9 heteroatoms. The molecule has 1 aliphatic heterocycles. The van der Waals surface area contributed by atoms with Gasteiger partial charge in [-0.05, 0) is 31.0 Å². The van der Waals surface area contributed by atoms with Gasteiger partial charge in [0.25, 0.3) is 0 Å². The van der Waals surface area contributed by atoms with Gasteiger partial charge in [0, 0.05) is 24.8 Å². The molecule has 0 spiro atoms. The third kappa shape index (κ3) is 5.27. The molecule has 1 saturated heterocycles. The fourth-order valence-electron chi connectivity index (χ4n) is 2.81. The van der Waals surface area contributed by atoms with E-state index in [2.05, 4.69) is 24.9 Å². The van der Waals surface area contributed by atoms with Crippen LogP contribution in [0.4, 0.5) is 21.7 Å². The topological polar surface area (TPSA) is 76.6 Å². The van der Waals surface area contributed by atoms with Crippen LogP contribution in [0.25, 0.3) is 0 Å². The van der Waals surface area contributed by atoms with Gasteiger partial charge in [-0.1, -0.05) is 11.6 Å². The number of rotatable bonds is 6. The molecule has 0 atom stereocenters. The zero-order valence-corrected chi connectivity index (χ0v) is 15.6. The number of aromatic nitrogens is 2. The molecule has 0 aliphatic carbocycles. The second-order valence-electron chi connectivity index (χ2n) is 6.09. The maximum Gasteiger partial charge on any atom is 0.331 e. The molecule has 0 saturated carbocycles. The fourth-order valence-corrected chi connectivity index (χ4v) is 2.99. The van der Waals surface area contributed by atoms with E-state index in [4.69, 9.17) is 16.3 Å². The summed E-state index contributed by atoms with van der Waals surface area (Å²) in [6.07, 6.45) is 3.08. The van der Waals surface area contributed by atoms with Crippen molar-refractivity contribution in [2.24, 2.45) is 0 Å². The van der Waals surface area contributed by atoms with E-state index in [1.165, 1.54) is 25.6 Å². The highest BCUT2D eigenvalue weighted by molar-refractivity contribution is 6.31. The first-order valence-electron chi connectivity index (χ1n) is 8.52. The molecule has 2 aromatic rings. The molecule has 144 valence electrons. The Hall–Kier alpha value is -2.45. The number of anilines is 3. The second-order valence-corrected chi connectivity index (χ2v) is 6.50. The molecule has 27 heavy (non-hydrogen) atoms. The normalized spacial score (nSPS) is 14.9. The zero-order valence-electron chi connectivity index (χ0n) is 14.8. The number of benzene rings is 1. The number of esters is 1. The molecule has 1 aromatic carbocycles. The van der Waals surface area contributed by atoms with Gasteiger partial charge in [-0.15, -0.1) is 0 Å². The van der Waals surface area contributed by atoms with E-state index in [1.54, 1.807) is 6.07 Å². The lowest BCUT2D eigenvalue weighted by atomic mass is 10.1. The van der Waals surface area contributed by atoms with Crippen molar-refractivity contribution < 1.29 is 18.7 Å². The number of nitrogens with zero attached hydrogens (tertiary/aromatic N) is 3. The molecule has 0 amide bonds. The number of carbonyl (C=O) groups excluding carboxylic acids is 1. The Morgan fingerprint density at radius 3 is 2.81 bits per heavy atom. The van der Waals surface area contributed by atoms with Crippen LogP contribution in [0.15, 0.2) is 30.6 Å². The first kappa shape index (κ1) is 19.3. The molecule has 1 aliphatic rings. The van der Waals surface area contributed by atoms with E-state index >= 15 is 0 Å². The van der Waals surface area contributed by atoms with E-state index < -0.39 is 5.82 Å². The maximum atomic E-state index is 13.3. The summed E-state index contributed by atoms with van der Waals surface area (Å²) in [7, 11) is 1.34. The van der Waals surface area contributed by atoms with Gasteiger partial charge >= 0.3 is 5.97 Å². The van der Waals surface area contributed by atoms with Gasteiger partial charge in [0.15, 0.2) is 0 Å². The number of hydrogen-bond acceptors (Lipinski definition) is 7. The number of hydrogen-bond donors (Lipinski definition) is 1. The van der Waals surface area contributed by atoms with Crippen molar-refractivity contribution in [3.8, 4) is 0 Å². The van der Waals surface area contributed by atoms with Crippen LogP contribution >= 0.6 is 11.6 Å². The summed E-state index contributed by atoms with van der Waals surface area (Å²) in [5, 5.41) is 3.14. The minimum absolute atomic E-state index is 0.0248. The Kier molecular flexibility index (Phi) is 6.41. The van der Waals surface area contributed by atoms with E-state index in [1.807, 2.05) is 6.07 Å². The van der Waals surface area contributed by atoms with Crippen LogP contribution in [-0.4, -0.2) is 48.8 Å². The first-order valence-corrected chi connectivity index (χ1v) is 8.90. The van der Waals surface area contributed by atoms with Gasteiger partial charge in [0.1, 0.15) is 30.4 Å². The lowest BCUT2D eigenvalue weighted by molar-refractivity contribution is -0.148. The molecular weight excluding hydrogens is 375 g/mol. The highest BCUT2D eigenvalue weighted by Crippen LogP contribution is 2.25. The van der Waals surface area contributed by atoms with Crippen LogP contribution in [0.1, 0.15) is 12.8 Å². The summed E-state index contributed by atoms with van der Waals surface area (Å²) in [6.45, 7) is 1.48. The number of piperidine rings is 1. The largest absolute Gasteiger partial charge is 0.467 e. The van der Waals surface area contributed by atoms with Gasteiger partial charge in [-0.2, -0.15) is 0 Å². The number of ether oxygens (including phenoxy) is 2. The minimum Gasteiger partial charge on any atom is -0.467 e. The standard InChI is InChI=1S/C18H20ClFN4O3/c1-26-18(25)10-27-13-4-6-24(7-5-13)17-9-16(21-11-22-17)23-12-2-3-15(20)14(19)8-12/h2-3,8-9,11,13H,4-7,10H2,1H3,(H,21,22,23). The Balaban J connectivity index is 1.58. The highest BCUT2D eigenvalue weighted by atomic mass is 35.5. The number of nitrogens with one attached hydrogen (secondary N) is 1. The van der Waals surface area contributed by atoms with E-state index in [0.29, 0.717) is 11.5 Å². The van der Waals surface area contributed by atoms with Crippen molar-refractivity contribution >= 4 is 34.9 Å². The van der Waals surface area contributed by atoms with E-state index in [-0.39, 0.29) is 23.7 Å². The van der Waals surface area contributed by atoms with Crippen molar-refractivity contribution in [2.45, 2.75) is 18.9 Å². The predicted octanol–water partition coefficient (Wildman–Crippen LogP) is 3.17. The van der Waals surface area contributed by atoms with Crippen LogP contribution in [0, 0.1) is 5.82 Å². The van der Waals surface area contributed by atoms with Crippen molar-refractivity contribution in [1.29, 1.82) is 0 Å². The molecule has 0 unspecified atom stereocenters. The van der Waals surface area contributed by atoms with Crippen molar-refractivity contribution in [3.05, 3.63) is 41.4 Å². The molecule has 1 N–H and O–H groups in total. The van der Waals surface area contributed by atoms with Gasteiger partial charge in [0.2, 0.25) is 0 Å². The smallest absolute Gasteiger partial charge is 0.331 e. The molecule has 0 bridgehead atoms. The van der Waals surface area contributed by atoms with Gasteiger partial charge in [0.05, 0.1) is 18.2 Å². The summed E-state index contributed by atoms with van der Waals surface area (Å²) < 4.78 is 23.4. The average Bonchev–Trinajstić information content (AvgIpc) is 2.69. The fraction of sp³-hybridized carbons (Fsp3) is 0.389.